The Labute approximate surface area is 135 Å². The normalized spacial score (nSPS) is 15.8. The molecule has 1 heterocycles. The van der Waals surface area contributed by atoms with Crippen molar-refractivity contribution in [3.63, 3.8) is 0 Å². The molecule has 1 fully saturated rings. The van der Waals surface area contributed by atoms with Gasteiger partial charge in [-0.1, -0.05) is 25.7 Å². The van der Waals surface area contributed by atoms with Crippen molar-refractivity contribution in [1.29, 1.82) is 0 Å². The molecule has 0 unspecified atom stereocenters. The first kappa shape index (κ1) is 15.5. The van der Waals surface area contributed by atoms with Crippen molar-refractivity contribution in [2.75, 3.05) is 6.61 Å². The Hall–Kier alpha value is -2.37. The Morgan fingerprint density at radius 1 is 1.17 bits per heavy atom. The SMILES string of the molecule is O=C(COc1ccc(-c2nnco2)cc1)NC1CCCCCC1. The maximum absolute atomic E-state index is 12.0. The lowest BCUT2D eigenvalue weighted by Gasteiger charge is -2.16. The Balaban J connectivity index is 1.47. The monoisotopic (exact) mass is 315 g/mol. The largest absolute Gasteiger partial charge is 0.484 e. The first-order valence-corrected chi connectivity index (χ1v) is 8.10. The molecule has 6 nitrogen and oxygen atoms in total. The lowest BCUT2D eigenvalue weighted by atomic mass is 10.1. The van der Waals surface area contributed by atoms with E-state index in [2.05, 4.69) is 15.5 Å². The zero-order chi connectivity index (χ0) is 15.9. The highest BCUT2D eigenvalue weighted by Gasteiger charge is 2.15. The molecular formula is C17H21N3O3. The lowest BCUT2D eigenvalue weighted by Crippen LogP contribution is -2.37. The topological polar surface area (TPSA) is 77.2 Å². The molecule has 1 aliphatic rings. The summed E-state index contributed by atoms with van der Waals surface area (Å²) in [5.74, 6) is 1.05. The van der Waals surface area contributed by atoms with Gasteiger partial charge in [-0.05, 0) is 37.1 Å². The van der Waals surface area contributed by atoms with E-state index in [1.165, 1.54) is 32.1 Å². The van der Waals surface area contributed by atoms with E-state index in [-0.39, 0.29) is 12.5 Å². The van der Waals surface area contributed by atoms with E-state index in [0.29, 0.717) is 17.7 Å². The van der Waals surface area contributed by atoms with Crippen LogP contribution in [0.4, 0.5) is 0 Å². The molecule has 1 amide bonds. The fraction of sp³-hybridized carbons (Fsp3) is 0.471. The zero-order valence-corrected chi connectivity index (χ0v) is 13.0. The highest BCUT2D eigenvalue weighted by atomic mass is 16.5. The van der Waals surface area contributed by atoms with E-state index in [9.17, 15) is 4.79 Å². The second kappa shape index (κ2) is 7.76. The molecule has 3 rings (SSSR count). The maximum Gasteiger partial charge on any atom is 0.258 e. The van der Waals surface area contributed by atoms with Crippen LogP contribution in [-0.2, 0) is 4.79 Å². The standard InChI is InChI=1S/C17H21N3O3/c21-16(19-14-5-3-1-2-4-6-14)11-22-15-9-7-13(8-10-15)17-20-18-12-23-17/h7-10,12,14H,1-6,11H2,(H,19,21). The van der Waals surface area contributed by atoms with Crippen LogP contribution in [-0.4, -0.2) is 28.8 Å². The van der Waals surface area contributed by atoms with E-state index in [0.717, 1.165) is 18.4 Å². The van der Waals surface area contributed by atoms with Crippen LogP contribution >= 0.6 is 0 Å². The van der Waals surface area contributed by atoms with Crippen LogP contribution in [0, 0.1) is 0 Å². The lowest BCUT2D eigenvalue weighted by molar-refractivity contribution is -0.123. The van der Waals surface area contributed by atoms with Gasteiger partial charge in [0, 0.05) is 11.6 Å². The molecule has 23 heavy (non-hydrogen) atoms. The van der Waals surface area contributed by atoms with Crippen LogP contribution in [0.5, 0.6) is 5.75 Å². The van der Waals surface area contributed by atoms with E-state index in [4.69, 9.17) is 9.15 Å². The van der Waals surface area contributed by atoms with Gasteiger partial charge in [0.1, 0.15) is 5.75 Å². The molecule has 2 aromatic rings. The van der Waals surface area contributed by atoms with Crippen LogP contribution in [0.2, 0.25) is 0 Å². The zero-order valence-electron chi connectivity index (χ0n) is 13.0. The van der Waals surface area contributed by atoms with Crippen LogP contribution in [0.15, 0.2) is 35.1 Å². The first-order valence-electron chi connectivity index (χ1n) is 8.10. The first-order chi connectivity index (χ1) is 11.3. The van der Waals surface area contributed by atoms with Gasteiger partial charge in [0.05, 0.1) is 0 Å². The van der Waals surface area contributed by atoms with Gasteiger partial charge in [0.2, 0.25) is 12.3 Å². The predicted octanol–water partition coefficient (Wildman–Crippen LogP) is 2.95. The van der Waals surface area contributed by atoms with Gasteiger partial charge in [0.25, 0.3) is 5.91 Å². The summed E-state index contributed by atoms with van der Waals surface area (Å²) in [6, 6.07) is 7.53. The minimum atomic E-state index is -0.0575. The van der Waals surface area contributed by atoms with Crippen molar-refractivity contribution in [3.8, 4) is 17.2 Å². The van der Waals surface area contributed by atoms with Crippen molar-refractivity contribution >= 4 is 5.91 Å². The molecule has 0 spiro atoms. The smallest absolute Gasteiger partial charge is 0.258 e. The maximum atomic E-state index is 12.0. The summed E-state index contributed by atoms with van der Waals surface area (Å²) in [7, 11) is 0. The average Bonchev–Trinajstić information content (AvgIpc) is 2.99. The number of nitrogens with zero attached hydrogens (tertiary/aromatic N) is 2. The molecular weight excluding hydrogens is 294 g/mol. The van der Waals surface area contributed by atoms with E-state index < -0.39 is 0 Å². The molecule has 0 aliphatic heterocycles. The predicted molar refractivity (Wildman–Crippen MR) is 84.9 cm³/mol. The number of amides is 1. The van der Waals surface area contributed by atoms with Crippen molar-refractivity contribution in [2.45, 2.75) is 44.6 Å². The van der Waals surface area contributed by atoms with Gasteiger partial charge in [-0.15, -0.1) is 10.2 Å². The molecule has 1 N–H and O–H groups in total. The molecule has 0 bridgehead atoms. The van der Waals surface area contributed by atoms with Crippen LogP contribution in [0.3, 0.4) is 0 Å². The second-order valence-corrected chi connectivity index (χ2v) is 5.81. The number of hydrogen-bond acceptors (Lipinski definition) is 5. The highest BCUT2D eigenvalue weighted by Crippen LogP contribution is 2.20. The number of rotatable bonds is 5. The molecule has 0 saturated heterocycles. The third kappa shape index (κ3) is 4.55. The molecule has 0 atom stereocenters. The highest BCUT2D eigenvalue weighted by molar-refractivity contribution is 5.77. The summed E-state index contributed by atoms with van der Waals surface area (Å²) >= 11 is 0. The number of ether oxygens (including phenoxy) is 1. The Morgan fingerprint density at radius 3 is 2.57 bits per heavy atom. The van der Waals surface area contributed by atoms with Gasteiger partial charge in [-0.3, -0.25) is 4.79 Å². The number of carbonyl (C=O) groups is 1. The number of nitrogens with one attached hydrogen (secondary N) is 1. The molecule has 1 aromatic heterocycles. The van der Waals surface area contributed by atoms with Crippen molar-refractivity contribution in [2.24, 2.45) is 0 Å². The summed E-state index contributed by atoms with van der Waals surface area (Å²) in [4.78, 5) is 12.0. The summed E-state index contributed by atoms with van der Waals surface area (Å²) < 4.78 is 10.7. The third-order valence-corrected chi connectivity index (χ3v) is 4.05. The molecule has 1 aromatic carbocycles. The Kier molecular flexibility index (Phi) is 5.24. The number of aromatic nitrogens is 2. The van der Waals surface area contributed by atoms with Crippen LogP contribution < -0.4 is 10.1 Å². The van der Waals surface area contributed by atoms with E-state index in [1.807, 2.05) is 12.1 Å². The second-order valence-electron chi connectivity index (χ2n) is 5.81. The summed E-state index contributed by atoms with van der Waals surface area (Å²) in [5.41, 5.74) is 0.817. The summed E-state index contributed by atoms with van der Waals surface area (Å²) in [6.07, 6.45) is 8.38. The van der Waals surface area contributed by atoms with Crippen molar-refractivity contribution < 1.29 is 13.9 Å². The van der Waals surface area contributed by atoms with Crippen molar-refractivity contribution in [3.05, 3.63) is 30.7 Å². The van der Waals surface area contributed by atoms with Gasteiger partial charge in [0.15, 0.2) is 6.61 Å². The third-order valence-electron chi connectivity index (χ3n) is 4.05. The number of carbonyl (C=O) groups excluding carboxylic acids is 1. The minimum absolute atomic E-state index is 0.0381. The molecule has 6 heteroatoms. The van der Waals surface area contributed by atoms with Gasteiger partial charge < -0.3 is 14.5 Å². The molecule has 1 aliphatic carbocycles. The number of benzene rings is 1. The molecule has 122 valence electrons. The quantitative estimate of drug-likeness (QED) is 0.858. The summed E-state index contributed by atoms with van der Waals surface area (Å²) in [5, 5.41) is 10.5. The fourth-order valence-electron chi connectivity index (χ4n) is 2.83. The van der Waals surface area contributed by atoms with Gasteiger partial charge in [-0.2, -0.15) is 0 Å². The van der Waals surface area contributed by atoms with Crippen LogP contribution in [0.25, 0.3) is 11.5 Å². The van der Waals surface area contributed by atoms with Crippen LogP contribution in [0.1, 0.15) is 38.5 Å². The Bertz CT molecular complexity index is 603. The van der Waals surface area contributed by atoms with E-state index >= 15 is 0 Å². The minimum Gasteiger partial charge on any atom is -0.484 e. The fourth-order valence-corrected chi connectivity index (χ4v) is 2.83. The average molecular weight is 315 g/mol. The van der Waals surface area contributed by atoms with Gasteiger partial charge in [-0.25, -0.2) is 0 Å². The van der Waals surface area contributed by atoms with Crippen molar-refractivity contribution in [1.82, 2.24) is 15.5 Å². The van der Waals surface area contributed by atoms with E-state index in [1.54, 1.807) is 12.1 Å². The van der Waals surface area contributed by atoms with Gasteiger partial charge >= 0.3 is 0 Å². The summed E-state index contributed by atoms with van der Waals surface area (Å²) in [6.45, 7) is 0.0381. The Morgan fingerprint density at radius 2 is 1.91 bits per heavy atom. The molecule has 0 radical (unpaired) electrons. The number of hydrogen-bond donors (Lipinski definition) is 1. The molecule has 1 saturated carbocycles.